The van der Waals surface area contributed by atoms with E-state index >= 15 is 0 Å². The topological polar surface area (TPSA) is 82.2 Å². The summed E-state index contributed by atoms with van der Waals surface area (Å²) in [5.41, 5.74) is 7.33. The van der Waals surface area contributed by atoms with Crippen molar-refractivity contribution in [2.75, 3.05) is 18.9 Å². The highest BCUT2D eigenvalue weighted by Crippen LogP contribution is 2.14. The first kappa shape index (κ1) is 14.9. The van der Waals surface area contributed by atoms with Gasteiger partial charge in [-0.2, -0.15) is 5.10 Å². The van der Waals surface area contributed by atoms with Gasteiger partial charge in [-0.3, -0.25) is 9.48 Å². The highest BCUT2D eigenvalue weighted by molar-refractivity contribution is 5.97. The third-order valence-corrected chi connectivity index (χ3v) is 3.10. The van der Waals surface area contributed by atoms with E-state index in [4.69, 9.17) is 10.5 Å². The molecule has 3 N–H and O–H groups in total. The van der Waals surface area contributed by atoms with E-state index in [1.807, 2.05) is 30.3 Å². The van der Waals surface area contributed by atoms with Crippen LogP contribution in [0.2, 0.25) is 0 Å². The number of carbonyl (C=O) groups is 1. The van der Waals surface area contributed by atoms with Gasteiger partial charge in [0.2, 0.25) is 0 Å². The Morgan fingerprint density at radius 1 is 1.38 bits per heavy atom. The largest absolute Gasteiger partial charge is 0.494 e. The van der Waals surface area contributed by atoms with Crippen LogP contribution in [-0.2, 0) is 7.05 Å². The van der Waals surface area contributed by atoms with E-state index in [-0.39, 0.29) is 5.91 Å². The molecule has 0 saturated carbocycles. The van der Waals surface area contributed by atoms with E-state index in [0.717, 1.165) is 12.2 Å². The molecule has 1 amide bonds. The van der Waals surface area contributed by atoms with Crippen molar-refractivity contribution in [2.24, 2.45) is 7.05 Å². The molecule has 0 radical (unpaired) electrons. The first-order valence-electron chi connectivity index (χ1n) is 6.84. The van der Waals surface area contributed by atoms with Gasteiger partial charge in [-0.1, -0.05) is 18.2 Å². The predicted octanol–water partition coefficient (Wildman–Crippen LogP) is 1.51. The zero-order valence-corrected chi connectivity index (χ0v) is 12.3. The summed E-state index contributed by atoms with van der Waals surface area (Å²) in [7, 11) is 1.71. The van der Waals surface area contributed by atoms with Crippen molar-refractivity contribution in [1.29, 1.82) is 0 Å². The Kier molecular flexibility index (Phi) is 4.81. The van der Waals surface area contributed by atoms with Crippen LogP contribution in [0.5, 0.6) is 5.75 Å². The zero-order valence-electron chi connectivity index (χ0n) is 12.3. The van der Waals surface area contributed by atoms with Crippen LogP contribution in [0, 0.1) is 6.92 Å². The van der Waals surface area contributed by atoms with Crippen LogP contribution >= 0.6 is 0 Å². The lowest BCUT2D eigenvalue weighted by Crippen LogP contribution is -2.28. The second-order valence-electron chi connectivity index (χ2n) is 4.74. The van der Waals surface area contributed by atoms with Crippen LogP contribution in [0.15, 0.2) is 30.3 Å². The molecule has 1 aromatic heterocycles. The maximum atomic E-state index is 12.0. The number of nitrogens with one attached hydrogen (secondary N) is 1. The van der Waals surface area contributed by atoms with Crippen molar-refractivity contribution in [2.45, 2.75) is 13.3 Å². The maximum Gasteiger partial charge on any atom is 0.271 e. The number of nitrogens with zero attached hydrogens (tertiary/aromatic N) is 2. The van der Waals surface area contributed by atoms with Crippen LogP contribution in [0.3, 0.4) is 0 Å². The van der Waals surface area contributed by atoms with Crippen LogP contribution in [0.1, 0.15) is 22.6 Å². The summed E-state index contributed by atoms with van der Waals surface area (Å²) in [5.74, 6) is 0.616. The zero-order chi connectivity index (χ0) is 15.2. The highest BCUT2D eigenvalue weighted by Gasteiger charge is 2.17. The van der Waals surface area contributed by atoms with Gasteiger partial charge in [0.25, 0.3) is 5.91 Å². The molecule has 1 aromatic carbocycles. The van der Waals surface area contributed by atoms with Gasteiger partial charge in [0, 0.05) is 13.6 Å². The van der Waals surface area contributed by atoms with E-state index in [1.54, 1.807) is 14.0 Å². The molecular formula is C15H20N4O2. The number of amides is 1. The molecule has 2 rings (SSSR count). The van der Waals surface area contributed by atoms with Gasteiger partial charge in [0.05, 0.1) is 18.0 Å². The summed E-state index contributed by atoms with van der Waals surface area (Å²) in [6.07, 6.45) is 0.720. The normalized spacial score (nSPS) is 10.4. The molecule has 0 atom stereocenters. The van der Waals surface area contributed by atoms with Gasteiger partial charge in [0.1, 0.15) is 11.4 Å². The van der Waals surface area contributed by atoms with E-state index in [1.165, 1.54) is 4.68 Å². The average Bonchev–Trinajstić information content (AvgIpc) is 2.73. The number of benzene rings is 1. The summed E-state index contributed by atoms with van der Waals surface area (Å²) >= 11 is 0. The number of carbonyl (C=O) groups excluding carboxylic acids is 1. The Balaban J connectivity index is 1.75. The monoisotopic (exact) mass is 288 g/mol. The maximum absolute atomic E-state index is 12.0. The van der Waals surface area contributed by atoms with Crippen molar-refractivity contribution in [3.8, 4) is 5.75 Å². The summed E-state index contributed by atoms with van der Waals surface area (Å²) in [4.78, 5) is 12.0. The molecule has 0 aliphatic carbocycles. The fourth-order valence-electron chi connectivity index (χ4n) is 2.01. The number of nitrogen functional groups attached to an aromatic ring is 1. The van der Waals surface area contributed by atoms with Crippen molar-refractivity contribution in [3.05, 3.63) is 41.7 Å². The molecule has 2 aromatic rings. The molecule has 0 aliphatic heterocycles. The standard InChI is InChI=1S/C15H20N4O2/c1-11-13(16)14(19(2)18-11)15(20)17-9-6-10-21-12-7-4-3-5-8-12/h3-5,7-8H,6,9-10,16H2,1-2H3,(H,17,20). The lowest BCUT2D eigenvalue weighted by molar-refractivity contribution is 0.0943. The van der Waals surface area contributed by atoms with Crippen molar-refractivity contribution >= 4 is 11.6 Å². The second-order valence-corrected chi connectivity index (χ2v) is 4.74. The highest BCUT2D eigenvalue weighted by atomic mass is 16.5. The van der Waals surface area contributed by atoms with Gasteiger partial charge in [-0.25, -0.2) is 0 Å². The second kappa shape index (κ2) is 6.78. The third-order valence-electron chi connectivity index (χ3n) is 3.10. The number of para-hydroxylation sites is 1. The summed E-state index contributed by atoms with van der Waals surface area (Å²) in [6, 6.07) is 9.58. The van der Waals surface area contributed by atoms with E-state index in [0.29, 0.717) is 30.2 Å². The van der Waals surface area contributed by atoms with Crippen molar-refractivity contribution in [3.63, 3.8) is 0 Å². The first-order chi connectivity index (χ1) is 10.1. The fourth-order valence-corrected chi connectivity index (χ4v) is 2.01. The first-order valence-corrected chi connectivity index (χ1v) is 6.84. The molecule has 112 valence electrons. The minimum atomic E-state index is -0.213. The van der Waals surface area contributed by atoms with E-state index in [9.17, 15) is 4.79 Å². The molecule has 0 spiro atoms. The smallest absolute Gasteiger partial charge is 0.271 e. The molecule has 6 nitrogen and oxygen atoms in total. The van der Waals surface area contributed by atoms with Crippen molar-refractivity contribution in [1.82, 2.24) is 15.1 Å². The molecule has 0 saturated heterocycles. The van der Waals surface area contributed by atoms with Gasteiger partial charge >= 0.3 is 0 Å². The number of aromatic nitrogens is 2. The molecule has 0 unspecified atom stereocenters. The molecule has 6 heteroatoms. The Labute approximate surface area is 123 Å². The van der Waals surface area contributed by atoms with Gasteiger partial charge < -0.3 is 15.8 Å². The average molecular weight is 288 g/mol. The summed E-state index contributed by atoms with van der Waals surface area (Å²) < 4.78 is 7.05. The lowest BCUT2D eigenvalue weighted by Gasteiger charge is -2.08. The molecule has 21 heavy (non-hydrogen) atoms. The van der Waals surface area contributed by atoms with E-state index in [2.05, 4.69) is 10.4 Å². The van der Waals surface area contributed by atoms with Crippen LogP contribution in [-0.4, -0.2) is 28.8 Å². The molecular weight excluding hydrogens is 268 g/mol. The Morgan fingerprint density at radius 3 is 2.71 bits per heavy atom. The quantitative estimate of drug-likeness (QED) is 0.789. The van der Waals surface area contributed by atoms with Crippen LogP contribution < -0.4 is 15.8 Å². The van der Waals surface area contributed by atoms with Crippen molar-refractivity contribution < 1.29 is 9.53 Å². The van der Waals surface area contributed by atoms with Gasteiger partial charge in [-0.15, -0.1) is 0 Å². The minimum absolute atomic E-state index is 0.213. The minimum Gasteiger partial charge on any atom is -0.494 e. The number of aryl methyl sites for hydroxylation is 2. The SMILES string of the molecule is Cc1nn(C)c(C(=O)NCCCOc2ccccc2)c1N. The molecule has 1 heterocycles. The third kappa shape index (κ3) is 3.75. The Hall–Kier alpha value is -2.50. The van der Waals surface area contributed by atoms with Gasteiger partial charge in [-0.05, 0) is 25.5 Å². The number of nitrogens with two attached hydrogens (primary N) is 1. The number of hydrogen-bond donors (Lipinski definition) is 2. The molecule has 0 fully saturated rings. The number of hydrogen-bond acceptors (Lipinski definition) is 4. The Morgan fingerprint density at radius 2 is 2.10 bits per heavy atom. The fraction of sp³-hybridized carbons (Fsp3) is 0.333. The summed E-state index contributed by atoms with van der Waals surface area (Å²) in [6.45, 7) is 2.85. The summed E-state index contributed by atoms with van der Waals surface area (Å²) in [5, 5.41) is 6.94. The van der Waals surface area contributed by atoms with Crippen LogP contribution in [0.25, 0.3) is 0 Å². The number of anilines is 1. The van der Waals surface area contributed by atoms with E-state index < -0.39 is 0 Å². The molecule has 0 aliphatic rings. The molecule has 0 bridgehead atoms. The number of ether oxygens (including phenoxy) is 1. The van der Waals surface area contributed by atoms with Gasteiger partial charge in [0.15, 0.2) is 0 Å². The number of rotatable bonds is 6. The lowest BCUT2D eigenvalue weighted by atomic mass is 10.3. The Bertz CT molecular complexity index is 608. The predicted molar refractivity (Wildman–Crippen MR) is 81.2 cm³/mol. The van der Waals surface area contributed by atoms with Crippen LogP contribution in [0.4, 0.5) is 5.69 Å².